The van der Waals surface area contributed by atoms with E-state index in [9.17, 15) is 4.79 Å². The zero-order valence-electron chi connectivity index (χ0n) is 13.2. The second-order valence-electron chi connectivity index (χ2n) is 5.08. The van der Waals surface area contributed by atoms with Gasteiger partial charge in [-0.3, -0.25) is 4.79 Å². The first kappa shape index (κ1) is 15.6. The second-order valence-corrected chi connectivity index (χ2v) is 5.08. The Kier molecular flexibility index (Phi) is 4.72. The van der Waals surface area contributed by atoms with E-state index in [0.29, 0.717) is 5.82 Å². The number of rotatable bonds is 5. The van der Waals surface area contributed by atoms with Gasteiger partial charge in [0, 0.05) is 18.3 Å². The molecule has 1 amide bonds. The van der Waals surface area contributed by atoms with E-state index in [1.54, 1.807) is 30.1 Å². The number of amides is 1. The Morgan fingerprint density at radius 2 is 1.83 bits per heavy atom. The first-order valence-electron chi connectivity index (χ1n) is 7.49. The van der Waals surface area contributed by atoms with Crippen LogP contribution in [0.3, 0.4) is 0 Å². The molecular formula is C19H17N3O2. The van der Waals surface area contributed by atoms with Crippen molar-refractivity contribution in [2.75, 3.05) is 12.4 Å². The molecule has 0 aliphatic heterocycles. The predicted molar refractivity (Wildman–Crippen MR) is 94.2 cm³/mol. The summed E-state index contributed by atoms with van der Waals surface area (Å²) < 4.78 is 6.81. The van der Waals surface area contributed by atoms with Crippen molar-refractivity contribution in [3.05, 3.63) is 78.5 Å². The number of carbonyl (C=O) groups excluding carboxylic acids is 1. The smallest absolute Gasteiger partial charge is 0.249 e. The largest absolute Gasteiger partial charge is 0.497 e. The minimum atomic E-state index is -0.232. The zero-order valence-corrected chi connectivity index (χ0v) is 13.2. The van der Waals surface area contributed by atoms with Crippen LogP contribution in [-0.2, 0) is 4.79 Å². The van der Waals surface area contributed by atoms with Gasteiger partial charge in [-0.2, -0.15) is 5.10 Å². The normalized spacial score (nSPS) is 10.7. The Morgan fingerprint density at radius 1 is 1.08 bits per heavy atom. The molecular weight excluding hydrogens is 302 g/mol. The summed E-state index contributed by atoms with van der Waals surface area (Å²) in [7, 11) is 1.62. The summed E-state index contributed by atoms with van der Waals surface area (Å²) in [5.74, 6) is 1.05. The van der Waals surface area contributed by atoms with Crippen LogP contribution in [0.5, 0.6) is 5.75 Å². The fraction of sp³-hybridized carbons (Fsp3) is 0.0526. The number of nitrogens with one attached hydrogen (secondary N) is 1. The maximum atomic E-state index is 12.0. The maximum Gasteiger partial charge on any atom is 0.249 e. The van der Waals surface area contributed by atoms with E-state index in [2.05, 4.69) is 10.4 Å². The van der Waals surface area contributed by atoms with E-state index in [0.717, 1.165) is 17.0 Å². The lowest BCUT2D eigenvalue weighted by atomic mass is 10.2. The van der Waals surface area contributed by atoms with E-state index in [1.165, 1.54) is 6.08 Å². The maximum absolute atomic E-state index is 12.0. The molecule has 1 heterocycles. The molecule has 3 rings (SSSR count). The van der Waals surface area contributed by atoms with Crippen LogP contribution in [0.15, 0.2) is 72.9 Å². The lowest BCUT2D eigenvalue weighted by Gasteiger charge is -2.01. The fourth-order valence-corrected chi connectivity index (χ4v) is 2.17. The molecule has 0 saturated heterocycles. The van der Waals surface area contributed by atoms with Crippen molar-refractivity contribution < 1.29 is 9.53 Å². The molecule has 120 valence electrons. The molecule has 0 fully saturated rings. The highest BCUT2D eigenvalue weighted by atomic mass is 16.5. The van der Waals surface area contributed by atoms with Gasteiger partial charge >= 0.3 is 0 Å². The van der Waals surface area contributed by atoms with Gasteiger partial charge < -0.3 is 10.1 Å². The minimum Gasteiger partial charge on any atom is -0.497 e. The summed E-state index contributed by atoms with van der Waals surface area (Å²) in [5.41, 5.74) is 1.85. The van der Waals surface area contributed by atoms with E-state index >= 15 is 0 Å². The number of para-hydroxylation sites is 1. The number of nitrogens with zero attached hydrogens (tertiary/aromatic N) is 2. The molecule has 24 heavy (non-hydrogen) atoms. The van der Waals surface area contributed by atoms with Crippen LogP contribution in [0.2, 0.25) is 0 Å². The zero-order chi connectivity index (χ0) is 16.8. The Bertz CT molecular complexity index is 837. The van der Waals surface area contributed by atoms with Gasteiger partial charge in [0.2, 0.25) is 5.91 Å². The number of methoxy groups -OCH3 is 1. The quantitative estimate of drug-likeness (QED) is 0.732. The highest BCUT2D eigenvalue weighted by Crippen LogP contribution is 2.13. The first-order valence-corrected chi connectivity index (χ1v) is 7.49. The number of carbonyl (C=O) groups is 1. The van der Waals surface area contributed by atoms with Crippen molar-refractivity contribution in [3.8, 4) is 11.4 Å². The van der Waals surface area contributed by atoms with Gasteiger partial charge in [-0.15, -0.1) is 0 Å². The second kappa shape index (κ2) is 7.28. The van der Waals surface area contributed by atoms with Crippen molar-refractivity contribution in [1.82, 2.24) is 9.78 Å². The molecule has 1 N–H and O–H groups in total. The van der Waals surface area contributed by atoms with Crippen LogP contribution < -0.4 is 10.1 Å². The molecule has 0 saturated carbocycles. The van der Waals surface area contributed by atoms with Crippen LogP contribution in [0.1, 0.15) is 5.56 Å². The van der Waals surface area contributed by atoms with Crippen LogP contribution >= 0.6 is 0 Å². The Balaban J connectivity index is 1.62. The highest BCUT2D eigenvalue weighted by Gasteiger charge is 2.03. The third-order valence-corrected chi connectivity index (χ3v) is 3.40. The van der Waals surface area contributed by atoms with E-state index < -0.39 is 0 Å². The van der Waals surface area contributed by atoms with Crippen LogP contribution in [0.4, 0.5) is 5.82 Å². The fourth-order valence-electron chi connectivity index (χ4n) is 2.17. The van der Waals surface area contributed by atoms with Gasteiger partial charge in [0.1, 0.15) is 5.75 Å². The third-order valence-electron chi connectivity index (χ3n) is 3.40. The molecule has 0 spiro atoms. The molecule has 2 aromatic carbocycles. The molecule has 5 heteroatoms. The number of benzene rings is 2. The Hall–Kier alpha value is -3.34. The summed E-state index contributed by atoms with van der Waals surface area (Å²) >= 11 is 0. The molecule has 5 nitrogen and oxygen atoms in total. The van der Waals surface area contributed by atoms with Gasteiger partial charge in [-0.05, 0) is 35.9 Å². The minimum absolute atomic E-state index is 0.232. The molecule has 3 aromatic rings. The van der Waals surface area contributed by atoms with E-state index in [4.69, 9.17) is 4.74 Å². The summed E-state index contributed by atoms with van der Waals surface area (Å²) in [4.78, 5) is 12.0. The average molecular weight is 319 g/mol. The standard InChI is InChI=1S/C19H17N3O2/c1-24-17-10-7-15(8-11-17)9-12-19(23)20-18-13-14-22(21-18)16-5-3-2-4-6-16/h2-14H,1H3,(H,20,21,23)/b12-9+. The molecule has 0 radical (unpaired) electrons. The van der Waals surface area contributed by atoms with Crippen LogP contribution in [0.25, 0.3) is 11.8 Å². The molecule has 0 atom stereocenters. The number of ether oxygens (including phenoxy) is 1. The van der Waals surface area contributed by atoms with Gasteiger partial charge in [-0.25, -0.2) is 4.68 Å². The number of hydrogen-bond donors (Lipinski definition) is 1. The molecule has 0 aliphatic carbocycles. The Labute approximate surface area is 140 Å². The average Bonchev–Trinajstić information content (AvgIpc) is 3.09. The van der Waals surface area contributed by atoms with Gasteiger partial charge in [0.25, 0.3) is 0 Å². The summed E-state index contributed by atoms with van der Waals surface area (Å²) in [6, 6.07) is 18.9. The molecule has 0 aliphatic rings. The van der Waals surface area contributed by atoms with Crippen LogP contribution in [0, 0.1) is 0 Å². The Morgan fingerprint density at radius 3 is 2.54 bits per heavy atom. The third kappa shape index (κ3) is 3.89. The summed E-state index contributed by atoms with van der Waals surface area (Å²) in [5, 5.41) is 7.07. The number of aromatic nitrogens is 2. The van der Waals surface area contributed by atoms with Crippen molar-refractivity contribution in [2.45, 2.75) is 0 Å². The highest BCUT2D eigenvalue weighted by molar-refractivity contribution is 6.01. The lowest BCUT2D eigenvalue weighted by molar-refractivity contribution is -0.111. The van der Waals surface area contributed by atoms with Gasteiger partial charge in [0.15, 0.2) is 5.82 Å². The van der Waals surface area contributed by atoms with Crippen molar-refractivity contribution in [2.24, 2.45) is 0 Å². The number of anilines is 1. The topological polar surface area (TPSA) is 56.1 Å². The van der Waals surface area contributed by atoms with Gasteiger partial charge in [0.05, 0.1) is 12.8 Å². The lowest BCUT2D eigenvalue weighted by Crippen LogP contribution is -2.08. The summed E-state index contributed by atoms with van der Waals surface area (Å²) in [6.07, 6.45) is 5.02. The van der Waals surface area contributed by atoms with Crippen molar-refractivity contribution >= 4 is 17.8 Å². The SMILES string of the molecule is COc1ccc(/C=C/C(=O)Nc2ccn(-c3ccccc3)n2)cc1. The summed E-state index contributed by atoms with van der Waals surface area (Å²) in [6.45, 7) is 0. The van der Waals surface area contributed by atoms with Crippen molar-refractivity contribution in [3.63, 3.8) is 0 Å². The van der Waals surface area contributed by atoms with Crippen LogP contribution in [-0.4, -0.2) is 22.8 Å². The number of hydrogen-bond acceptors (Lipinski definition) is 3. The molecule has 0 bridgehead atoms. The van der Waals surface area contributed by atoms with Crippen molar-refractivity contribution in [1.29, 1.82) is 0 Å². The predicted octanol–water partition coefficient (Wildman–Crippen LogP) is 3.53. The molecule has 1 aromatic heterocycles. The van der Waals surface area contributed by atoms with E-state index in [1.807, 2.05) is 54.6 Å². The van der Waals surface area contributed by atoms with Gasteiger partial charge in [-0.1, -0.05) is 30.3 Å². The van der Waals surface area contributed by atoms with E-state index in [-0.39, 0.29) is 5.91 Å². The monoisotopic (exact) mass is 319 g/mol. The molecule has 0 unspecified atom stereocenters. The first-order chi connectivity index (χ1) is 11.7.